The van der Waals surface area contributed by atoms with E-state index < -0.39 is 34.1 Å². The Morgan fingerprint density at radius 2 is 1.94 bits per heavy atom. The first-order valence-electron chi connectivity index (χ1n) is 4.54. The molecule has 0 aromatic rings. The maximum absolute atomic E-state index is 10.9. The Hall–Kier alpha value is -1.19. The summed E-state index contributed by atoms with van der Waals surface area (Å²) in [5, 5.41) is 10.9. The second kappa shape index (κ2) is 6.52. The molecule has 0 bridgehead atoms. The SMILES string of the molecule is COCC(OS(C)(=O)=O)C(NC(C)=O)C(=O)O. The molecular formula is C8H15NO7S. The predicted octanol–water partition coefficient (Wildman–Crippen LogP) is -1.43. The Kier molecular flexibility index (Phi) is 6.07. The minimum Gasteiger partial charge on any atom is -0.480 e. The van der Waals surface area contributed by atoms with Crippen LogP contribution in [-0.2, 0) is 28.6 Å². The molecule has 2 N–H and O–H groups in total. The van der Waals surface area contributed by atoms with Gasteiger partial charge < -0.3 is 15.2 Å². The van der Waals surface area contributed by atoms with Crippen molar-refractivity contribution in [2.24, 2.45) is 0 Å². The first-order valence-corrected chi connectivity index (χ1v) is 6.36. The van der Waals surface area contributed by atoms with Crippen LogP contribution in [0.1, 0.15) is 6.92 Å². The van der Waals surface area contributed by atoms with E-state index in [4.69, 9.17) is 5.11 Å². The first kappa shape index (κ1) is 15.8. The van der Waals surface area contributed by atoms with Gasteiger partial charge in [-0.2, -0.15) is 8.42 Å². The number of methoxy groups -OCH3 is 1. The maximum atomic E-state index is 10.9. The summed E-state index contributed by atoms with van der Waals surface area (Å²) in [7, 11) is -2.60. The summed E-state index contributed by atoms with van der Waals surface area (Å²) in [6, 6.07) is -1.50. The van der Waals surface area contributed by atoms with Crippen LogP contribution < -0.4 is 5.32 Å². The Labute approximate surface area is 99.0 Å². The smallest absolute Gasteiger partial charge is 0.329 e. The normalized spacial score (nSPS) is 15.0. The molecule has 8 nitrogen and oxygen atoms in total. The number of rotatable bonds is 7. The summed E-state index contributed by atoms with van der Waals surface area (Å²) in [5.74, 6) is -2.03. The van der Waals surface area contributed by atoms with Gasteiger partial charge >= 0.3 is 5.97 Å². The van der Waals surface area contributed by atoms with Crippen LogP contribution in [0.4, 0.5) is 0 Å². The summed E-state index contributed by atoms with van der Waals surface area (Å²) >= 11 is 0. The highest BCUT2D eigenvalue weighted by Crippen LogP contribution is 2.05. The molecule has 0 rings (SSSR count). The molecule has 0 heterocycles. The van der Waals surface area contributed by atoms with Crippen LogP contribution >= 0.6 is 0 Å². The monoisotopic (exact) mass is 269 g/mol. The lowest BCUT2D eigenvalue weighted by Crippen LogP contribution is -2.51. The minimum atomic E-state index is -3.85. The average molecular weight is 269 g/mol. The summed E-state index contributed by atoms with van der Waals surface area (Å²) in [4.78, 5) is 21.7. The fourth-order valence-electron chi connectivity index (χ4n) is 1.10. The lowest BCUT2D eigenvalue weighted by Gasteiger charge is -2.22. The zero-order valence-corrected chi connectivity index (χ0v) is 10.5. The van der Waals surface area contributed by atoms with E-state index in [2.05, 4.69) is 14.2 Å². The third-order valence-corrected chi connectivity index (χ3v) is 2.22. The van der Waals surface area contributed by atoms with Gasteiger partial charge in [0.05, 0.1) is 12.9 Å². The number of aliphatic carboxylic acids is 1. The van der Waals surface area contributed by atoms with Gasteiger partial charge in [0.1, 0.15) is 6.10 Å². The molecule has 0 aromatic carbocycles. The van der Waals surface area contributed by atoms with E-state index in [1.807, 2.05) is 0 Å². The molecule has 100 valence electrons. The highest BCUT2D eigenvalue weighted by molar-refractivity contribution is 7.86. The van der Waals surface area contributed by atoms with Crippen molar-refractivity contribution < 1.29 is 32.0 Å². The molecule has 9 heteroatoms. The van der Waals surface area contributed by atoms with Gasteiger partial charge in [0, 0.05) is 14.0 Å². The largest absolute Gasteiger partial charge is 0.480 e. The van der Waals surface area contributed by atoms with Gasteiger partial charge in [-0.05, 0) is 0 Å². The zero-order chi connectivity index (χ0) is 13.6. The fourth-order valence-corrected chi connectivity index (χ4v) is 1.72. The number of carboxylic acids is 1. The number of amides is 1. The van der Waals surface area contributed by atoms with Crippen molar-refractivity contribution in [1.82, 2.24) is 5.32 Å². The van der Waals surface area contributed by atoms with E-state index >= 15 is 0 Å². The number of ether oxygens (including phenoxy) is 1. The third kappa shape index (κ3) is 6.87. The lowest BCUT2D eigenvalue weighted by molar-refractivity contribution is -0.145. The van der Waals surface area contributed by atoms with Crippen molar-refractivity contribution in [3.8, 4) is 0 Å². The Morgan fingerprint density at radius 1 is 1.41 bits per heavy atom. The summed E-state index contributed by atoms with van der Waals surface area (Å²) in [5.41, 5.74) is 0. The molecule has 0 saturated heterocycles. The lowest BCUT2D eigenvalue weighted by atomic mass is 10.1. The van der Waals surface area contributed by atoms with Gasteiger partial charge in [-0.3, -0.25) is 8.98 Å². The minimum absolute atomic E-state index is 0.287. The molecule has 0 aromatic heterocycles. The molecule has 0 fully saturated rings. The predicted molar refractivity (Wildman–Crippen MR) is 56.8 cm³/mol. The van der Waals surface area contributed by atoms with Crippen molar-refractivity contribution in [3.05, 3.63) is 0 Å². The summed E-state index contributed by atoms with van der Waals surface area (Å²) < 4.78 is 31.1. The molecule has 2 atom stereocenters. The molecular weight excluding hydrogens is 254 g/mol. The second-order valence-corrected chi connectivity index (χ2v) is 4.91. The third-order valence-electron chi connectivity index (χ3n) is 1.63. The number of hydrogen-bond donors (Lipinski definition) is 2. The van der Waals surface area contributed by atoms with Gasteiger partial charge in [-0.25, -0.2) is 4.79 Å². The number of carboxylic acid groups (broad SMARTS) is 1. The van der Waals surface area contributed by atoms with E-state index in [0.29, 0.717) is 0 Å². The van der Waals surface area contributed by atoms with Crippen LogP contribution in [0.2, 0.25) is 0 Å². The van der Waals surface area contributed by atoms with Crippen molar-refractivity contribution >= 4 is 22.0 Å². The van der Waals surface area contributed by atoms with E-state index in [-0.39, 0.29) is 6.61 Å². The van der Waals surface area contributed by atoms with Gasteiger partial charge in [-0.15, -0.1) is 0 Å². The summed E-state index contributed by atoms with van der Waals surface area (Å²) in [6.07, 6.45) is -0.543. The molecule has 0 radical (unpaired) electrons. The number of hydrogen-bond acceptors (Lipinski definition) is 6. The van der Waals surface area contributed by atoms with E-state index in [1.165, 1.54) is 7.11 Å². The number of nitrogens with one attached hydrogen (secondary N) is 1. The van der Waals surface area contributed by atoms with Crippen LogP contribution in [0.25, 0.3) is 0 Å². The Morgan fingerprint density at radius 3 is 2.24 bits per heavy atom. The molecule has 0 spiro atoms. The Balaban J connectivity index is 4.95. The van der Waals surface area contributed by atoms with Gasteiger partial charge in [0.25, 0.3) is 10.1 Å². The quantitative estimate of drug-likeness (QED) is 0.543. The van der Waals surface area contributed by atoms with E-state index in [0.717, 1.165) is 13.2 Å². The Bertz CT molecular complexity index is 377. The van der Waals surface area contributed by atoms with Crippen LogP contribution in [0, 0.1) is 0 Å². The molecule has 1 amide bonds. The first-order chi connectivity index (χ1) is 7.67. The van der Waals surface area contributed by atoms with Crippen molar-refractivity contribution in [2.75, 3.05) is 20.0 Å². The number of carbonyl (C=O) groups excluding carboxylic acids is 1. The topological polar surface area (TPSA) is 119 Å². The molecule has 0 aliphatic carbocycles. The maximum Gasteiger partial charge on any atom is 0.329 e. The highest BCUT2D eigenvalue weighted by atomic mass is 32.2. The zero-order valence-electron chi connectivity index (χ0n) is 9.67. The van der Waals surface area contributed by atoms with Crippen LogP contribution in [0.3, 0.4) is 0 Å². The van der Waals surface area contributed by atoms with Crippen molar-refractivity contribution in [1.29, 1.82) is 0 Å². The average Bonchev–Trinajstić information content (AvgIpc) is 2.10. The molecule has 0 aliphatic rings. The van der Waals surface area contributed by atoms with Gasteiger partial charge in [0.15, 0.2) is 6.04 Å². The van der Waals surface area contributed by atoms with Crippen molar-refractivity contribution in [3.63, 3.8) is 0 Å². The van der Waals surface area contributed by atoms with Crippen LogP contribution in [-0.4, -0.2) is 57.5 Å². The van der Waals surface area contributed by atoms with E-state index in [1.54, 1.807) is 0 Å². The van der Waals surface area contributed by atoms with Gasteiger partial charge in [-0.1, -0.05) is 0 Å². The van der Waals surface area contributed by atoms with Crippen LogP contribution in [0.5, 0.6) is 0 Å². The fraction of sp³-hybridized carbons (Fsp3) is 0.750. The summed E-state index contributed by atoms with van der Waals surface area (Å²) in [6.45, 7) is 0.824. The number of carbonyl (C=O) groups is 2. The molecule has 0 saturated carbocycles. The van der Waals surface area contributed by atoms with E-state index in [9.17, 15) is 18.0 Å². The molecule has 0 aliphatic heterocycles. The highest BCUT2D eigenvalue weighted by Gasteiger charge is 2.32. The van der Waals surface area contributed by atoms with Crippen molar-refractivity contribution in [2.45, 2.75) is 19.1 Å². The second-order valence-electron chi connectivity index (χ2n) is 3.31. The molecule has 2 unspecified atom stereocenters. The van der Waals surface area contributed by atoms with Crippen LogP contribution in [0.15, 0.2) is 0 Å². The molecule has 17 heavy (non-hydrogen) atoms. The standard InChI is InChI=1S/C8H15NO7S/c1-5(10)9-7(8(11)12)6(4-15-2)16-17(3,13)14/h6-7H,4H2,1-3H3,(H,9,10)(H,11,12). The van der Waals surface area contributed by atoms with Gasteiger partial charge in [0.2, 0.25) is 5.91 Å².